The monoisotopic (exact) mass is 1160 g/mol. The van der Waals surface area contributed by atoms with Crippen LogP contribution >= 0.6 is 0 Å². The van der Waals surface area contributed by atoms with Crippen molar-refractivity contribution < 1.29 is 43.2 Å². The van der Waals surface area contributed by atoms with Crippen LogP contribution in [0.3, 0.4) is 0 Å². The molecule has 2 aromatic carbocycles. The molecule has 0 spiro atoms. The Morgan fingerprint density at radius 3 is 1.34 bits per heavy atom. The summed E-state index contributed by atoms with van der Waals surface area (Å²) in [5, 5.41) is 15.9. The molecular formula is C59H99N15O9. The van der Waals surface area contributed by atoms with Crippen molar-refractivity contribution in [2.45, 2.75) is 142 Å². The summed E-state index contributed by atoms with van der Waals surface area (Å²) >= 11 is 0. The Morgan fingerprint density at radius 1 is 0.482 bits per heavy atom. The van der Waals surface area contributed by atoms with Crippen LogP contribution in [0.1, 0.15) is 147 Å². The Morgan fingerprint density at radius 2 is 0.892 bits per heavy atom. The van der Waals surface area contributed by atoms with Crippen LogP contribution in [-0.4, -0.2) is 193 Å². The SMILES string of the molecule is CCCCCC(=O)NCCCC[C@H](NC(=O)CN(C(=O)CN(CCCCN)C(=O)CN(C(=O)CN(CCCCNC(=N)N)C(=O)CN(CCCCN)C(=O)CN(CCCCN)C(C)=O)[C@@H](C)c1ccccc1)[C@@H](C)c1ccccc1)C(N)=O. The maximum absolute atomic E-state index is 15.0. The molecule has 2 rings (SSSR count). The molecule has 0 saturated carbocycles. The minimum atomic E-state index is -1.06. The van der Waals surface area contributed by atoms with E-state index in [0.29, 0.717) is 121 Å². The molecule has 9 amide bonds. The normalized spacial score (nSPS) is 12.0. The first-order chi connectivity index (χ1) is 39.8. The molecule has 24 heteroatoms. The van der Waals surface area contributed by atoms with Gasteiger partial charge in [-0.25, -0.2) is 0 Å². The van der Waals surface area contributed by atoms with Crippen LogP contribution in [0.4, 0.5) is 0 Å². The fourth-order valence-electron chi connectivity index (χ4n) is 9.21. The number of amides is 9. The smallest absolute Gasteiger partial charge is 0.243 e. The van der Waals surface area contributed by atoms with Crippen molar-refractivity contribution in [2.75, 3.05) is 98.2 Å². The molecule has 0 heterocycles. The number of nitrogens with zero attached hydrogens (tertiary/aromatic N) is 6. The zero-order valence-corrected chi connectivity index (χ0v) is 50.0. The molecule has 83 heavy (non-hydrogen) atoms. The van der Waals surface area contributed by atoms with E-state index in [2.05, 4.69) is 22.9 Å². The standard InChI is InChI=1S/C59H99N15O9/c1-5-6-9-29-51(76)66-33-18-14-28-50(58(63)83)68-52(77)39-73(45(2)48-24-10-7-11-25-48)56(81)42-72(37-22-17-32-62)55(80)44-74(46(3)49-26-12-8-13-27-49)57(82)43-71(38-23-19-34-67-59(64)65)54(79)41-70(36-21-16-31-61)53(78)40-69(47(4)75)35-20-15-30-60/h7-8,10-13,24-27,45-46,50H,5-6,9,14-23,28-44,60-62H2,1-4H3,(H2,63,83)(H,66,76)(H,68,77)(H4,64,65,67)/t45-,46-,50-/m0/s1. The first kappa shape index (κ1) is 71.9. The maximum atomic E-state index is 15.0. The predicted molar refractivity (Wildman–Crippen MR) is 321 cm³/mol. The van der Waals surface area contributed by atoms with E-state index >= 15 is 4.79 Å². The van der Waals surface area contributed by atoms with Crippen LogP contribution < -0.4 is 44.6 Å². The van der Waals surface area contributed by atoms with Crippen LogP contribution in [-0.2, 0) is 43.2 Å². The Kier molecular flexibility index (Phi) is 36.2. The summed E-state index contributed by atoms with van der Waals surface area (Å²) in [5.74, 6) is -4.81. The maximum Gasteiger partial charge on any atom is 0.243 e. The molecule has 0 bridgehead atoms. The van der Waals surface area contributed by atoms with Crippen molar-refractivity contribution in [1.82, 2.24) is 45.3 Å². The molecule has 24 nitrogen and oxygen atoms in total. The first-order valence-corrected chi connectivity index (χ1v) is 29.6. The molecule has 0 aliphatic rings. The first-order valence-electron chi connectivity index (χ1n) is 29.6. The molecule has 2 aromatic rings. The van der Waals surface area contributed by atoms with Crippen LogP contribution in [0.5, 0.6) is 0 Å². The van der Waals surface area contributed by atoms with E-state index in [1.807, 2.05) is 12.1 Å². The van der Waals surface area contributed by atoms with Gasteiger partial charge in [0.1, 0.15) is 19.1 Å². The third-order valence-electron chi connectivity index (χ3n) is 14.3. The van der Waals surface area contributed by atoms with Gasteiger partial charge in [0.25, 0.3) is 0 Å². The lowest BCUT2D eigenvalue weighted by Gasteiger charge is -2.35. The number of primary amides is 1. The molecular weight excluding hydrogens is 1060 g/mol. The number of nitrogens with two attached hydrogens (primary N) is 5. The molecule has 0 saturated heterocycles. The minimum absolute atomic E-state index is 0.0445. The molecule has 0 radical (unpaired) electrons. The predicted octanol–water partition coefficient (Wildman–Crippen LogP) is 1.82. The van der Waals surface area contributed by atoms with Crippen LogP contribution in [0, 0.1) is 5.41 Å². The molecule has 0 aliphatic carbocycles. The van der Waals surface area contributed by atoms with Gasteiger partial charge in [0, 0.05) is 52.6 Å². The van der Waals surface area contributed by atoms with Crippen molar-refractivity contribution in [1.29, 1.82) is 5.41 Å². The van der Waals surface area contributed by atoms with Crippen LogP contribution in [0.15, 0.2) is 60.7 Å². The summed E-state index contributed by atoms with van der Waals surface area (Å²) in [6.45, 7) is 6.58. The highest BCUT2D eigenvalue weighted by Gasteiger charge is 2.33. The van der Waals surface area contributed by atoms with E-state index in [1.54, 1.807) is 62.4 Å². The van der Waals surface area contributed by atoms with Crippen molar-refractivity contribution in [3.05, 3.63) is 71.8 Å². The third-order valence-corrected chi connectivity index (χ3v) is 14.3. The molecule has 0 aromatic heterocycles. The molecule has 0 aliphatic heterocycles. The molecule has 0 fully saturated rings. The number of carbonyl (C=O) groups is 9. The average molecular weight is 1160 g/mol. The number of carbonyl (C=O) groups excluding carboxylic acids is 9. The topological polar surface area (TPSA) is 363 Å². The highest BCUT2D eigenvalue weighted by molar-refractivity contribution is 5.94. The Bertz CT molecular complexity index is 2300. The number of nitrogens with one attached hydrogen (secondary N) is 4. The Hall–Kier alpha value is -7.18. The Labute approximate surface area is 492 Å². The summed E-state index contributed by atoms with van der Waals surface area (Å²) in [4.78, 5) is 133. The van der Waals surface area contributed by atoms with E-state index in [1.165, 1.54) is 36.3 Å². The van der Waals surface area contributed by atoms with Gasteiger partial charge < -0.3 is 74.0 Å². The number of benzene rings is 2. The van der Waals surface area contributed by atoms with Gasteiger partial charge in [0.2, 0.25) is 53.2 Å². The van der Waals surface area contributed by atoms with E-state index in [0.717, 1.165) is 19.3 Å². The summed E-state index contributed by atoms with van der Waals surface area (Å²) < 4.78 is 0. The lowest BCUT2D eigenvalue weighted by molar-refractivity contribution is -0.149. The number of guanidine groups is 1. The van der Waals surface area contributed by atoms with Gasteiger partial charge >= 0.3 is 0 Å². The van der Waals surface area contributed by atoms with E-state index in [9.17, 15) is 38.4 Å². The zero-order chi connectivity index (χ0) is 61.5. The average Bonchev–Trinajstić information content (AvgIpc) is 3.67. The van der Waals surface area contributed by atoms with Crippen molar-refractivity contribution in [3.8, 4) is 0 Å². The van der Waals surface area contributed by atoms with Crippen molar-refractivity contribution in [3.63, 3.8) is 0 Å². The van der Waals surface area contributed by atoms with Gasteiger partial charge in [-0.1, -0.05) is 80.4 Å². The Balaban J connectivity index is 2.54. The molecule has 3 atom stereocenters. The number of rotatable bonds is 44. The van der Waals surface area contributed by atoms with Gasteiger partial charge in [-0.05, 0) is 122 Å². The number of hydrogen-bond donors (Lipinski definition) is 9. The van der Waals surface area contributed by atoms with E-state index in [4.69, 9.17) is 34.1 Å². The highest BCUT2D eigenvalue weighted by atomic mass is 16.2. The zero-order valence-electron chi connectivity index (χ0n) is 50.0. The van der Waals surface area contributed by atoms with Gasteiger partial charge in [0.15, 0.2) is 5.96 Å². The third kappa shape index (κ3) is 29.1. The fourth-order valence-corrected chi connectivity index (χ4v) is 9.21. The molecule has 14 N–H and O–H groups in total. The largest absolute Gasteiger partial charge is 0.370 e. The van der Waals surface area contributed by atoms with Gasteiger partial charge in [0.05, 0.1) is 38.3 Å². The van der Waals surface area contributed by atoms with Crippen molar-refractivity contribution >= 4 is 59.1 Å². The second-order valence-corrected chi connectivity index (χ2v) is 21.0. The summed E-state index contributed by atoms with van der Waals surface area (Å²) in [6, 6.07) is 15.5. The molecule has 0 unspecified atom stereocenters. The van der Waals surface area contributed by atoms with E-state index in [-0.39, 0.29) is 50.4 Å². The second kappa shape index (κ2) is 41.8. The molecule has 464 valence electrons. The number of unbranched alkanes of at least 4 members (excludes halogenated alkanes) is 7. The van der Waals surface area contributed by atoms with Gasteiger partial charge in [-0.3, -0.25) is 48.6 Å². The number of hydrogen-bond acceptors (Lipinski definition) is 13. The summed E-state index contributed by atoms with van der Waals surface area (Å²) in [6.07, 6.45) is 8.41. The van der Waals surface area contributed by atoms with Crippen LogP contribution in [0.2, 0.25) is 0 Å². The van der Waals surface area contributed by atoms with Crippen molar-refractivity contribution in [2.24, 2.45) is 28.7 Å². The fraction of sp³-hybridized carbons (Fsp3) is 0.627. The lowest BCUT2D eigenvalue weighted by Crippen LogP contribution is -2.53. The second-order valence-electron chi connectivity index (χ2n) is 21.0. The van der Waals surface area contributed by atoms with Crippen LogP contribution in [0.25, 0.3) is 0 Å². The van der Waals surface area contributed by atoms with E-state index < -0.39 is 92.2 Å². The van der Waals surface area contributed by atoms with Gasteiger partial charge in [-0.15, -0.1) is 0 Å². The van der Waals surface area contributed by atoms with Gasteiger partial charge in [-0.2, -0.15) is 0 Å². The summed E-state index contributed by atoms with van der Waals surface area (Å²) in [7, 11) is 0. The quantitative estimate of drug-likeness (QED) is 0.0260. The highest BCUT2D eigenvalue weighted by Crippen LogP contribution is 2.23. The summed E-state index contributed by atoms with van der Waals surface area (Å²) in [5.41, 5.74) is 30.1. The lowest BCUT2D eigenvalue weighted by atomic mass is 10.1. The minimum Gasteiger partial charge on any atom is -0.370 e.